The molecule has 2 heterocycles. The Morgan fingerprint density at radius 3 is 2.00 bits per heavy atom. The summed E-state index contributed by atoms with van der Waals surface area (Å²) in [5, 5.41) is 4.47. The Morgan fingerprint density at radius 2 is 1.62 bits per heavy atom. The summed E-state index contributed by atoms with van der Waals surface area (Å²) in [6.07, 6.45) is 11.9. The molecule has 0 aromatic rings. The van der Waals surface area contributed by atoms with E-state index in [-0.39, 0.29) is 0 Å². The van der Waals surface area contributed by atoms with Crippen molar-refractivity contribution < 1.29 is 0 Å². The van der Waals surface area contributed by atoms with E-state index in [1.165, 1.54) is 24.0 Å². The normalized spacial score (nSPS) is 19.9. The molecule has 0 saturated carbocycles. The largest absolute Gasteiger partial charge is 0.130 e. The van der Waals surface area contributed by atoms with Gasteiger partial charge in [0.1, 0.15) is 0 Å². The molecular formula is C14H18S2. The minimum atomic E-state index is 0.624. The first-order chi connectivity index (χ1) is 7.92. The van der Waals surface area contributed by atoms with Crippen LogP contribution in [-0.2, 0) is 0 Å². The van der Waals surface area contributed by atoms with E-state index in [0.717, 1.165) is 11.5 Å². The van der Waals surface area contributed by atoms with Crippen LogP contribution in [0.15, 0.2) is 46.3 Å². The fourth-order valence-corrected chi connectivity index (χ4v) is 3.43. The molecule has 0 aromatic heterocycles. The van der Waals surface area contributed by atoms with Gasteiger partial charge in [-0.1, -0.05) is 37.6 Å². The lowest BCUT2D eigenvalue weighted by Crippen LogP contribution is -2.08. The minimum absolute atomic E-state index is 0.624. The summed E-state index contributed by atoms with van der Waals surface area (Å²) in [7, 11) is 0. The van der Waals surface area contributed by atoms with Gasteiger partial charge in [-0.25, -0.2) is 0 Å². The molecule has 86 valence electrons. The first-order valence-corrected chi connectivity index (χ1v) is 7.98. The third-order valence-corrected chi connectivity index (χ3v) is 4.30. The Labute approximate surface area is 107 Å². The number of hydrogen-bond acceptors (Lipinski definition) is 2. The first kappa shape index (κ1) is 12.1. The number of hydrogen-bond donors (Lipinski definition) is 0. The van der Waals surface area contributed by atoms with E-state index in [1.54, 1.807) is 0 Å². The molecule has 2 aliphatic heterocycles. The van der Waals surface area contributed by atoms with Crippen molar-refractivity contribution in [2.45, 2.75) is 19.8 Å². The third-order valence-electron chi connectivity index (χ3n) is 2.93. The van der Waals surface area contributed by atoms with Crippen LogP contribution in [0, 0.1) is 5.92 Å². The molecule has 0 aliphatic carbocycles. The maximum Gasteiger partial charge on any atom is 0.0160 e. The highest BCUT2D eigenvalue weighted by molar-refractivity contribution is 8.02. The zero-order valence-electron chi connectivity index (χ0n) is 9.69. The molecule has 0 bridgehead atoms. The first-order valence-electron chi connectivity index (χ1n) is 5.88. The molecule has 0 fully saturated rings. The van der Waals surface area contributed by atoms with E-state index in [2.05, 4.69) is 42.0 Å². The predicted octanol–water partition coefficient (Wildman–Crippen LogP) is 4.78. The van der Waals surface area contributed by atoms with Crippen molar-refractivity contribution in [1.82, 2.24) is 0 Å². The second kappa shape index (κ2) is 6.41. The van der Waals surface area contributed by atoms with E-state index < -0.39 is 0 Å². The summed E-state index contributed by atoms with van der Waals surface area (Å²) in [4.78, 5) is 0. The molecule has 0 amide bonds. The number of thioether (sulfide) groups is 2. The molecule has 0 aromatic carbocycles. The number of rotatable bonds is 4. The van der Waals surface area contributed by atoms with Gasteiger partial charge in [-0.3, -0.25) is 0 Å². The average Bonchev–Trinajstić information content (AvgIpc) is 2.38. The van der Waals surface area contributed by atoms with Crippen molar-refractivity contribution >= 4 is 23.5 Å². The van der Waals surface area contributed by atoms with Gasteiger partial charge in [0.05, 0.1) is 0 Å². The second-order valence-electron chi connectivity index (χ2n) is 4.02. The lowest BCUT2D eigenvalue weighted by Gasteiger charge is -2.22. The van der Waals surface area contributed by atoms with E-state index >= 15 is 0 Å². The van der Waals surface area contributed by atoms with Gasteiger partial charge in [0, 0.05) is 17.4 Å². The predicted molar refractivity (Wildman–Crippen MR) is 77.8 cm³/mol. The Bertz CT molecular complexity index is 316. The van der Waals surface area contributed by atoms with Gasteiger partial charge in [0.2, 0.25) is 0 Å². The maximum atomic E-state index is 2.39. The fraction of sp³-hybridized carbons (Fsp3) is 0.429. The molecule has 0 saturated heterocycles. The van der Waals surface area contributed by atoms with Gasteiger partial charge in [-0.05, 0) is 28.4 Å². The molecule has 2 aliphatic rings. The highest BCUT2D eigenvalue weighted by Crippen LogP contribution is 2.32. The van der Waals surface area contributed by atoms with Gasteiger partial charge in [-0.15, -0.1) is 23.5 Å². The summed E-state index contributed by atoms with van der Waals surface area (Å²) in [6, 6.07) is 0. The Balaban J connectivity index is 2.16. The third kappa shape index (κ3) is 3.08. The zero-order chi connectivity index (χ0) is 11.2. The highest BCUT2D eigenvalue weighted by atomic mass is 32.2. The summed E-state index contributed by atoms with van der Waals surface area (Å²) in [6.45, 7) is 2.27. The monoisotopic (exact) mass is 250 g/mol. The molecule has 0 spiro atoms. The summed E-state index contributed by atoms with van der Waals surface area (Å²) in [5.41, 5.74) is 3.03. The van der Waals surface area contributed by atoms with Crippen LogP contribution in [0.3, 0.4) is 0 Å². The number of allylic oxidation sites excluding steroid dienone is 4. The van der Waals surface area contributed by atoms with Crippen LogP contribution in [-0.4, -0.2) is 11.5 Å². The van der Waals surface area contributed by atoms with Gasteiger partial charge in [0.15, 0.2) is 0 Å². The second-order valence-corrected chi connectivity index (χ2v) is 5.90. The molecule has 0 atom stereocenters. The lowest BCUT2D eigenvalue weighted by molar-refractivity contribution is 0.647. The summed E-state index contributed by atoms with van der Waals surface area (Å²) in [5.74, 6) is 2.90. The average molecular weight is 250 g/mol. The van der Waals surface area contributed by atoms with E-state index in [1.807, 2.05) is 23.5 Å². The molecule has 0 nitrogen and oxygen atoms in total. The Hall–Kier alpha value is -0.340. The van der Waals surface area contributed by atoms with E-state index in [0.29, 0.717) is 5.92 Å². The Morgan fingerprint density at radius 1 is 1.06 bits per heavy atom. The van der Waals surface area contributed by atoms with Crippen molar-refractivity contribution in [3.05, 3.63) is 46.3 Å². The maximum absolute atomic E-state index is 2.39. The van der Waals surface area contributed by atoms with Crippen LogP contribution in [0.4, 0.5) is 0 Å². The smallest absolute Gasteiger partial charge is 0.0160 e. The molecule has 16 heavy (non-hydrogen) atoms. The molecule has 0 N–H and O–H groups in total. The van der Waals surface area contributed by atoms with Crippen LogP contribution in [0.25, 0.3) is 0 Å². The Kier molecular flexibility index (Phi) is 4.86. The van der Waals surface area contributed by atoms with Crippen LogP contribution < -0.4 is 0 Å². The summed E-state index contributed by atoms with van der Waals surface area (Å²) < 4.78 is 0. The molecule has 2 rings (SSSR count). The highest BCUT2D eigenvalue weighted by Gasteiger charge is 2.16. The minimum Gasteiger partial charge on any atom is -0.130 e. The summed E-state index contributed by atoms with van der Waals surface area (Å²) >= 11 is 3.76. The zero-order valence-corrected chi connectivity index (χ0v) is 11.3. The quantitative estimate of drug-likeness (QED) is 0.704. The molecular weight excluding hydrogens is 232 g/mol. The van der Waals surface area contributed by atoms with Gasteiger partial charge in [-0.2, -0.15) is 0 Å². The SMILES string of the molecule is CCCC(C1=CCSC=C1)C1=CCSC=C1. The van der Waals surface area contributed by atoms with E-state index in [9.17, 15) is 0 Å². The molecule has 0 radical (unpaired) electrons. The fourth-order valence-electron chi connectivity index (χ4n) is 2.12. The van der Waals surface area contributed by atoms with Gasteiger partial charge < -0.3 is 0 Å². The molecule has 0 unspecified atom stereocenters. The van der Waals surface area contributed by atoms with Crippen molar-refractivity contribution in [3.8, 4) is 0 Å². The van der Waals surface area contributed by atoms with Crippen molar-refractivity contribution in [2.24, 2.45) is 5.92 Å². The van der Waals surface area contributed by atoms with Crippen LogP contribution in [0.5, 0.6) is 0 Å². The lowest BCUT2D eigenvalue weighted by atomic mass is 9.86. The standard InChI is InChI=1S/C14H18S2/c1-2-3-14(12-4-8-15-9-5-12)13-6-10-16-11-7-13/h4-8,10,14H,2-3,9,11H2,1H3. The topological polar surface area (TPSA) is 0 Å². The van der Waals surface area contributed by atoms with Crippen LogP contribution >= 0.6 is 23.5 Å². The van der Waals surface area contributed by atoms with Crippen LogP contribution in [0.2, 0.25) is 0 Å². The van der Waals surface area contributed by atoms with Gasteiger partial charge >= 0.3 is 0 Å². The van der Waals surface area contributed by atoms with Crippen molar-refractivity contribution in [2.75, 3.05) is 11.5 Å². The van der Waals surface area contributed by atoms with Crippen molar-refractivity contribution in [3.63, 3.8) is 0 Å². The molecule has 2 heteroatoms. The van der Waals surface area contributed by atoms with Crippen molar-refractivity contribution in [1.29, 1.82) is 0 Å². The van der Waals surface area contributed by atoms with Gasteiger partial charge in [0.25, 0.3) is 0 Å². The van der Waals surface area contributed by atoms with Crippen LogP contribution in [0.1, 0.15) is 19.8 Å². The van der Waals surface area contributed by atoms with E-state index in [4.69, 9.17) is 0 Å².